The molecule has 0 N–H and O–H groups in total. The van der Waals surface area contributed by atoms with Gasteiger partial charge in [-0.2, -0.15) is 8.42 Å². The van der Waals surface area contributed by atoms with Crippen LogP contribution in [0.3, 0.4) is 0 Å². The number of hydrogen-bond donors (Lipinski definition) is 0. The van der Waals surface area contributed by atoms with Crippen molar-refractivity contribution >= 4 is 16.2 Å². The highest BCUT2D eigenvalue weighted by Gasteiger charge is 2.21. The minimum absolute atomic E-state index is 0.0692. The summed E-state index contributed by atoms with van der Waals surface area (Å²) < 4.78 is 33.6. The average Bonchev–Trinajstić information content (AvgIpc) is 3.02. The van der Waals surface area contributed by atoms with E-state index >= 15 is 0 Å². The van der Waals surface area contributed by atoms with Gasteiger partial charge in [0.2, 0.25) is 5.88 Å². The van der Waals surface area contributed by atoms with Crippen molar-refractivity contribution < 1.29 is 17.3 Å². The van der Waals surface area contributed by atoms with Gasteiger partial charge < -0.3 is 4.74 Å². The molecule has 0 saturated heterocycles. The maximum atomic E-state index is 11.4. The minimum Gasteiger partial charge on any atom is -0.473 e. The van der Waals surface area contributed by atoms with Gasteiger partial charge in [-0.3, -0.25) is 4.18 Å². The number of nitrogens with zero attached hydrogens (tertiary/aromatic N) is 1. The lowest BCUT2D eigenvalue weighted by Gasteiger charge is -2.16. The number of rotatable bonds is 6. The quantitative estimate of drug-likeness (QED) is 0.753. The van der Waals surface area contributed by atoms with Crippen LogP contribution < -0.4 is 4.74 Å². The van der Waals surface area contributed by atoms with Crippen LogP contribution in [0.5, 0.6) is 5.88 Å². The molecule has 2 aromatic rings. The van der Waals surface area contributed by atoms with Crippen molar-refractivity contribution in [1.29, 1.82) is 0 Å². The van der Waals surface area contributed by atoms with E-state index in [1.54, 1.807) is 0 Å². The van der Waals surface area contributed by atoms with E-state index in [-0.39, 0.29) is 6.61 Å². The summed E-state index contributed by atoms with van der Waals surface area (Å²) in [6.45, 7) is 2.22. The Labute approximate surface area is 142 Å². The number of benzene rings is 1. The van der Waals surface area contributed by atoms with Gasteiger partial charge >= 0.3 is 0 Å². The Morgan fingerprint density at radius 1 is 1.17 bits per heavy atom. The largest absolute Gasteiger partial charge is 0.473 e. The number of aromatic nitrogens is 1. The first-order valence-electron chi connectivity index (χ1n) is 7.64. The Bertz CT molecular complexity index is 874. The van der Waals surface area contributed by atoms with Crippen LogP contribution in [0.15, 0.2) is 36.4 Å². The monoisotopic (exact) mass is 345 g/mol. The Hall–Kier alpha value is -2.18. The molecule has 3 rings (SSSR count). The number of fused-ring (bicyclic) bond motifs is 1. The molecule has 1 aliphatic carbocycles. The Kier molecular flexibility index (Phi) is 4.69. The maximum absolute atomic E-state index is 11.4. The average molecular weight is 345 g/mol. The molecule has 0 atom stereocenters. The standard InChI is InChI=1S/C18H19NO4S/c1-13-15-9-6-10-16(15)17(12-23-24(2,20)21)18(19-13)22-11-14-7-4-3-5-8-14/h3-9H,10-12H2,1-2H3. The van der Waals surface area contributed by atoms with E-state index in [0.717, 1.165) is 35.1 Å². The first-order chi connectivity index (χ1) is 11.4. The molecule has 0 aliphatic heterocycles. The van der Waals surface area contributed by atoms with E-state index in [9.17, 15) is 8.42 Å². The van der Waals surface area contributed by atoms with Crippen molar-refractivity contribution in [2.24, 2.45) is 0 Å². The first kappa shape index (κ1) is 16.7. The highest BCUT2D eigenvalue weighted by Crippen LogP contribution is 2.32. The number of aryl methyl sites for hydroxylation is 1. The van der Waals surface area contributed by atoms with E-state index in [1.807, 2.05) is 49.4 Å². The zero-order valence-corrected chi connectivity index (χ0v) is 14.5. The molecule has 6 heteroatoms. The third-order valence-corrected chi connectivity index (χ3v) is 4.39. The van der Waals surface area contributed by atoms with Gasteiger partial charge in [-0.1, -0.05) is 42.5 Å². The second kappa shape index (κ2) is 6.75. The molecule has 0 bridgehead atoms. The highest BCUT2D eigenvalue weighted by atomic mass is 32.2. The van der Waals surface area contributed by atoms with Crippen molar-refractivity contribution in [3.63, 3.8) is 0 Å². The van der Waals surface area contributed by atoms with Crippen LogP contribution in [0, 0.1) is 6.92 Å². The van der Waals surface area contributed by atoms with Gasteiger partial charge in [0.05, 0.1) is 12.9 Å². The predicted octanol–water partition coefficient (Wildman–Crippen LogP) is 3.01. The second-order valence-electron chi connectivity index (χ2n) is 5.72. The van der Waals surface area contributed by atoms with Gasteiger partial charge in [-0.15, -0.1) is 0 Å². The number of ether oxygens (including phenoxy) is 1. The summed E-state index contributed by atoms with van der Waals surface area (Å²) in [5.41, 5.74) is 4.63. The molecule has 1 aliphatic rings. The molecule has 24 heavy (non-hydrogen) atoms. The van der Waals surface area contributed by atoms with Crippen LogP contribution in [0.2, 0.25) is 0 Å². The molecule has 0 amide bonds. The third-order valence-electron chi connectivity index (χ3n) is 3.85. The number of allylic oxidation sites excluding steroid dienone is 1. The van der Waals surface area contributed by atoms with Crippen molar-refractivity contribution in [2.75, 3.05) is 6.26 Å². The summed E-state index contributed by atoms with van der Waals surface area (Å²) in [5.74, 6) is 0.433. The van der Waals surface area contributed by atoms with Gasteiger partial charge in [0, 0.05) is 11.3 Å². The zero-order chi connectivity index (χ0) is 17.2. The lowest BCUT2D eigenvalue weighted by molar-refractivity contribution is 0.267. The summed E-state index contributed by atoms with van der Waals surface area (Å²) in [6.07, 6.45) is 5.80. The molecule has 126 valence electrons. The van der Waals surface area contributed by atoms with E-state index < -0.39 is 10.1 Å². The zero-order valence-electron chi connectivity index (χ0n) is 13.7. The van der Waals surface area contributed by atoms with E-state index in [0.29, 0.717) is 18.1 Å². The Balaban J connectivity index is 1.90. The summed E-state index contributed by atoms with van der Waals surface area (Å²) in [6, 6.07) is 9.76. The van der Waals surface area contributed by atoms with Crippen molar-refractivity contribution in [3.05, 3.63) is 64.4 Å². The van der Waals surface area contributed by atoms with Crippen LogP contribution in [0.4, 0.5) is 0 Å². The fourth-order valence-corrected chi connectivity index (χ4v) is 3.03. The van der Waals surface area contributed by atoms with Crippen LogP contribution in [-0.4, -0.2) is 19.7 Å². The highest BCUT2D eigenvalue weighted by molar-refractivity contribution is 7.85. The molecule has 0 spiro atoms. The van der Waals surface area contributed by atoms with Crippen LogP contribution in [0.25, 0.3) is 6.08 Å². The molecular formula is C18H19NO4S. The van der Waals surface area contributed by atoms with Gasteiger partial charge in [0.15, 0.2) is 0 Å². The van der Waals surface area contributed by atoms with E-state index in [2.05, 4.69) is 4.98 Å². The minimum atomic E-state index is -3.54. The molecule has 1 heterocycles. The topological polar surface area (TPSA) is 65.5 Å². The van der Waals surface area contributed by atoms with Gasteiger partial charge in [0.25, 0.3) is 10.1 Å². The molecule has 0 unspecified atom stereocenters. The maximum Gasteiger partial charge on any atom is 0.264 e. The van der Waals surface area contributed by atoms with Gasteiger partial charge in [-0.05, 0) is 30.0 Å². The van der Waals surface area contributed by atoms with Gasteiger partial charge in [-0.25, -0.2) is 4.98 Å². The molecular weight excluding hydrogens is 326 g/mol. The van der Waals surface area contributed by atoms with E-state index in [1.165, 1.54) is 0 Å². The van der Waals surface area contributed by atoms with Gasteiger partial charge in [0.1, 0.15) is 6.61 Å². The molecule has 5 nitrogen and oxygen atoms in total. The predicted molar refractivity (Wildman–Crippen MR) is 92.1 cm³/mol. The van der Waals surface area contributed by atoms with E-state index in [4.69, 9.17) is 8.92 Å². The molecule has 0 saturated carbocycles. The second-order valence-corrected chi connectivity index (χ2v) is 7.36. The smallest absolute Gasteiger partial charge is 0.264 e. The SMILES string of the molecule is Cc1nc(OCc2ccccc2)c(COS(C)(=O)=O)c2c1C=CC2. The fraction of sp³-hybridized carbons (Fsp3) is 0.278. The molecule has 0 radical (unpaired) electrons. The lowest BCUT2D eigenvalue weighted by Crippen LogP contribution is -2.10. The normalized spacial score (nSPS) is 13.1. The summed E-state index contributed by atoms with van der Waals surface area (Å²) in [5, 5.41) is 0. The Morgan fingerprint density at radius 2 is 1.92 bits per heavy atom. The van der Waals surface area contributed by atoms with Crippen LogP contribution in [-0.2, 0) is 33.9 Å². The number of pyridine rings is 1. The number of hydrogen-bond acceptors (Lipinski definition) is 5. The lowest BCUT2D eigenvalue weighted by atomic mass is 10.0. The summed E-state index contributed by atoms with van der Waals surface area (Å²) >= 11 is 0. The van der Waals surface area contributed by atoms with Crippen LogP contribution >= 0.6 is 0 Å². The molecule has 0 fully saturated rings. The van der Waals surface area contributed by atoms with Crippen molar-refractivity contribution in [2.45, 2.75) is 26.6 Å². The fourth-order valence-electron chi connectivity index (χ4n) is 2.70. The molecule has 1 aromatic heterocycles. The Morgan fingerprint density at radius 3 is 2.62 bits per heavy atom. The third kappa shape index (κ3) is 3.83. The van der Waals surface area contributed by atoms with Crippen molar-refractivity contribution in [3.8, 4) is 5.88 Å². The summed E-state index contributed by atoms with van der Waals surface area (Å²) in [7, 11) is -3.54. The molecule has 1 aromatic carbocycles. The van der Waals surface area contributed by atoms with Crippen molar-refractivity contribution in [1.82, 2.24) is 4.98 Å². The first-order valence-corrected chi connectivity index (χ1v) is 9.46. The summed E-state index contributed by atoms with van der Waals surface area (Å²) in [4.78, 5) is 4.51. The van der Waals surface area contributed by atoms with Crippen LogP contribution in [0.1, 0.15) is 27.9 Å².